The van der Waals surface area contributed by atoms with Crippen LogP contribution in [0.25, 0.3) is 0 Å². The highest BCUT2D eigenvalue weighted by Gasteiger charge is 2.47. The molecule has 0 aromatic heterocycles. The van der Waals surface area contributed by atoms with E-state index in [1.165, 1.54) is 17.2 Å². The molecule has 1 N–H and O–H groups in total. The van der Waals surface area contributed by atoms with Gasteiger partial charge in [-0.3, -0.25) is 9.59 Å². The first-order valence-electron chi connectivity index (χ1n) is 7.84. The fraction of sp³-hybridized carbons (Fsp3) is 0.444. The van der Waals surface area contributed by atoms with E-state index in [0.717, 1.165) is 6.42 Å². The van der Waals surface area contributed by atoms with Crippen LogP contribution in [0.3, 0.4) is 0 Å². The molecular weight excluding hydrogens is 278 g/mol. The average molecular weight is 299 g/mol. The number of carboxylic acid groups (broad SMARTS) is 1. The summed E-state index contributed by atoms with van der Waals surface area (Å²) in [6.45, 7) is 4.31. The highest BCUT2D eigenvalue weighted by molar-refractivity contribution is 5.88. The van der Waals surface area contributed by atoms with Gasteiger partial charge in [0.05, 0.1) is 11.5 Å². The van der Waals surface area contributed by atoms with Crippen molar-refractivity contribution in [3.63, 3.8) is 0 Å². The van der Waals surface area contributed by atoms with E-state index in [4.69, 9.17) is 0 Å². The van der Waals surface area contributed by atoms with Crippen molar-refractivity contribution in [2.75, 3.05) is 6.54 Å². The van der Waals surface area contributed by atoms with Crippen molar-refractivity contribution in [2.45, 2.75) is 37.6 Å². The van der Waals surface area contributed by atoms with Crippen molar-refractivity contribution >= 4 is 11.9 Å². The number of nitrogens with zero attached hydrogens (tertiary/aromatic N) is 1. The first kappa shape index (κ1) is 14.8. The second-order valence-corrected chi connectivity index (χ2v) is 6.25. The quantitative estimate of drug-likeness (QED) is 0.854. The van der Waals surface area contributed by atoms with Gasteiger partial charge < -0.3 is 10.0 Å². The summed E-state index contributed by atoms with van der Waals surface area (Å²) in [5, 5.41) is 9.24. The van der Waals surface area contributed by atoms with Crippen LogP contribution in [-0.2, 0) is 21.5 Å². The zero-order valence-electron chi connectivity index (χ0n) is 12.6. The average Bonchev–Trinajstić information content (AvgIpc) is 2.55. The van der Waals surface area contributed by atoms with Gasteiger partial charge in [-0.25, -0.2) is 0 Å². The van der Waals surface area contributed by atoms with Crippen molar-refractivity contribution in [3.05, 3.63) is 48.0 Å². The Balaban J connectivity index is 2.01. The molecule has 0 bridgehead atoms. The lowest BCUT2D eigenvalue weighted by atomic mass is 9.68. The molecule has 0 radical (unpaired) electrons. The molecule has 4 nitrogen and oxygen atoms in total. The molecule has 22 heavy (non-hydrogen) atoms. The lowest BCUT2D eigenvalue weighted by molar-refractivity contribution is -0.145. The van der Waals surface area contributed by atoms with E-state index in [2.05, 4.69) is 18.7 Å². The van der Waals surface area contributed by atoms with Gasteiger partial charge in [0.1, 0.15) is 0 Å². The minimum Gasteiger partial charge on any atom is -0.481 e. The summed E-state index contributed by atoms with van der Waals surface area (Å²) in [5.74, 6) is -1.07. The number of aliphatic carboxylic acids is 1. The zero-order valence-corrected chi connectivity index (χ0v) is 12.6. The molecule has 1 fully saturated rings. The third-order valence-corrected chi connectivity index (χ3v) is 5.24. The summed E-state index contributed by atoms with van der Waals surface area (Å²) in [5.41, 5.74) is 2.12. The maximum Gasteiger partial charge on any atom is 0.306 e. The summed E-state index contributed by atoms with van der Waals surface area (Å²) < 4.78 is 0. The maximum atomic E-state index is 12.4. The van der Waals surface area contributed by atoms with Gasteiger partial charge in [0.2, 0.25) is 5.91 Å². The second-order valence-electron chi connectivity index (χ2n) is 6.25. The molecule has 0 atom stereocenters. The molecule has 1 saturated carbocycles. The number of rotatable bonds is 2. The summed E-state index contributed by atoms with van der Waals surface area (Å²) in [6, 6.07) is 8.25. The van der Waals surface area contributed by atoms with E-state index >= 15 is 0 Å². The minimum atomic E-state index is -0.722. The van der Waals surface area contributed by atoms with E-state index in [1.54, 1.807) is 0 Å². The molecule has 3 rings (SSSR count). The third-order valence-electron chi connectivity index (χ3n) is 5.24. The van der Waals surface area contributed by atoms with Gasteiger partial charge in [0.15, 0.2) is 0 Å². The first-order valence-corrected chi connectivity index (χ1v) is 7.84. The Bertz CT molecular complexity index is 615. The standard InChI is InChI=1S/C18H21NO3/c1-2-16(20)19-12-9-13-5-3-4-6-15(13)18(19)10-7-14(8-11-18)17(21)22/h2-6,14H,1,7-12H2,(H,21,22). The van der Waals surface area contributed by atoms with Gasteiger partial charge in [-0.15, -0.1) is 0 Å². The Morgan fingerprint density at radius 1 is 1.27 bits per heavy atom. The molecule has 1 aliphatic carbocycles. The van der Waals surface area contributed by atoms with Crippen molar-refractivity contribution in [3.8, 4) is 0 Å². The molecule has 1 aliphatic heterocycles. The highest BCUT2D eigenvalue weighted by Crippen LogP contribution is 2.47. The maximum absolute atomic E-state index is 12.4. The molecule has 1 heterocycles. The molecule has 4 heteroatoms. The topological polar surface area (TPSA) is 57.6 Å². The smallest absolute Gasteiger partial charge is 0.306 e. The van der Waals surface area contributed by atoms with Crippen LogP contribution in [0.5, 0.6) is 0 Å². The Morgan fingerprint density at radius 3 is 2.59 bits per heavy atom. The van der Waals surface area contributed by atoms with Crippen LogP contribution in [-0.4, -0.2) is 28.4 Å². The summed E-state index contributed by atoms with van der Waals surface area (Å²) in [7, 11) is 0. The second kappa shape index (κ2) is 5.59. The van der Waals surface area contributed by atoms with Crippen molar-refractivity contribution in [1.82, 2.24) is 4.90 Å². The van der Waals surface area contributed by atoms with E-state index in [-0.39, 0.29) is 17.4 Å². The molecule has 0 saturated heterocycles. The molecule has 1 amide bonds. The Hall–Kier alpha value is -2.10. The predicted molar refractivity (Wildman–Crippen MR) is 83.3 cm³/mol. The number of fused-ring (bicyclic) bond motifs is 2. The van der Waals surface area contributed by atoms with E-state index in [9.17, 15) is 14.7 Å². The van der Waals surface area contributed by atoms with Gasteiger partial charge in [-0.1, -0.05) is 30.8 Å². The van der Waals surface area contributed by atoms with Gasteiger partial charge in [-0.05, 0) is 49.3 Å². The van der Waals surface area contributed by atoms with Crippen LogP contribution >= 0.6 is 0 Å². The predicted octanol–water partition coefficient (Wildman–Crippen LogP) is 2.73. The number of benzene rings is 1. The van der Waals surface area contributed by atoms with E-state index < -0.39 is 5.97 Å². The normalized spacial score (nSPS) is 27.3. The fourth-order valence-corrected chi connectivity index (χ4v) is 4.10. The monoisotopic (exact) mass is 299 g/mol. The molecule has 116 valence electrons. The van der Waals surface area contributed by atoms with Crippen LogP contribution in [0.2, 0.25) is 0 Å². The molecule has 0 unspecified atom stereocenters. The van der Waals surface area contributed by atoms with Crippen molar-refractivity contribution in [2.24, 2.45) is 5.92 Å². The van der Waals surface area contributed by atoms with Crippen molar-refractivity contribution < 1.29 is 14.7 Å². The molecule has 2 aliphatic rings. The summed E-state index contributed by atoms with van der Waals surface area (Å²) in [4.78, 5) is 25.5. The van der Waals surface area contributed by atoms with Crippen LogP contribution in [0.15, 0.2) is 36.9 Å². The third kappa shape index (κ3) is 2.23. The Kier molecular flexibility index (Phi) is 3.77. The van der Waals surface area contributed by atoms with Crippen LogP contribution < -0.4 is 0 Å². The zero-order chi connectivity index (χ0) is 15.7. The SMILES string of the molecule is C=CC(=O)N1CCc2ccccc2C12CCC(C(=O)O)CC2. The lowest BCUT2D eigenvalue weighted by Gasteiger charge is -2.51. The Morgan fingerprint density at radius 2 is 1.95 bits per heavy atom. The molecular formula is C18H21NO3. The fourth-order valence-electron chi connectivity index (χ4n) is 4.10. The number of carbonyl (C=O) groups excluding carboxylic acids is 1. The molecule has 1 spiro atoms. The Labute approximate surface area is 130 Å². The summed E-state index contributed by atoms with van der Waals surface area (Å²) in [6.07, 6.45) is 4.87. The molecule has 1 aromatic carbocycles. The number of hydrogen-bond donors (Lipinski definition) is 1. The minimum absolute atomic E-state index is 0.0525. The first-order chi connectivity index (χ1) is 10.6. The molecule has 1 aromatic rings. The van der Waals surface area contributed by atoms with E-state index in [0.29, 0.717) is 32.2 Å². The number of carbonyl (C=O) groups is 2. The highest BCUT2D eigenvalue weighted by atomic mass is 16.4. The van der Waals surface area contributed by atoms with Gasteiger partial charge in [0.25, 0.3) is 0 Å². The van der Waals surface area contributed by atoms with Gasteiger partial charge in [0, 0.05) is 6.54 Å². The van der Waals surface area contributed by atoms with Crippen molar-refractivity contribution in [1.29, 1.82) is 0 Å². The van der Waals surface area contributed by atoms with Crippen LogP contribution in [0.1, 0.15) is 36.8 Å². The van der Waals surface area contributed by atoms with Gasteiger partial charge >= 0.3 is 5.97 Å². The largest absolute Gasteiger partial charge is 0.481 e. The lowest BCUT2D eigenvalue weighted by Crippen LogP contribution is -2.54. The van der Waals surface area contributed by atoms with E-state index in [1.807, 2.05) is 17.0 Å². The summed E-state index contributed by atoms with van der Waals surface area (Å²) >= 11 is 0. The van der Waals surface area contributed by atoms with Crippen LogP contribution in [0, 0.1) is 5.92 Å². The number of hydrogen-bond acceptors (Lipinski definition) is 2. The van der Waals surface area contributed by atoms with Gasteiger partial charge in [-0.2, -0.15) is 0 Å². The van der Waals surface area contributed by atoms with Crippen LogP contribution in [0.4, 0.5) is 0 Å². The number of carboxylic acids is 1. The number of amides is 1.